The lowest BCUT2D eigenvalue weighted by atomic mass is 9.93. The maximum atomic E-state index is 10.7. The Balaban J connectivity index is 2.44. The van der Waals surface area contributed by atoms with Gasteiger partial charge in [-0.05, 0) is 43.2 Å². The first-order valence-electron chi connectivity index (χ1n) is 6.87. The number of hydrogen-bond acceptors (Lipinski definition) is 3. The molecule has 1 rings (SSSR count). The fourth-order valence-corrected chi connectivity index (χ4v) is 2.05. The van der Waals surface area contributed by atoms with E-state index in [-0.39, 0.29) is 6.42 Å². The topological polar surface area (TPSA) is 74.0 Å². The molecule has 0 saturated carbocycles. The van der Waals surface area contributed by atoms with Crippen molar-refractivity contribution in [1.82, 2.24) is 4.98 Å². The predicted octanol–water partition coefficient (Wildman–Crippen LogP) is 3.66. The standard InChI is InChI=1S/C16H20N2O2/c17-11-2-1-5-14(9-10-16(19)20)6-3-7-15-8-4-12-18-13-15/h3-4,7-8,12-14H,1-2,5-6,9-10H2,(H,19,20)/b7-3+. The number of nitrogens with zero attached hydrogens (tertiary/aromatic N) is 2. The largest absolute Gasteiger partial charge is 0.481 e. The number of nitriles is 1. The van der Waals surface area contributed by atoms with Crippen molar-refractivity contribution in [1.29, 1.82) is 5.26 Å². The zero-order valence-corrected chi connectivity index (χ0v) is 11.5. The molecule has 1 unspecified atom stereocenters. The van der Waals surface area contributed by atoms with Crippen molar-refractivity contribution in [2.75, 3.05) is 0 Å². The minimum absolute atomic E-state index is 0.192. The second kappa shape index (κ2) is 9.74. The molecular formula is C16H20N2O2. The van der Waals surface area contributed by atoms with E-state index in [9.17, 15) is 4.79 Å². The maximum absolute atomic E-state index is 10.7. The Kier molecular flexibility index (Phi) is 7.74. The Morgan fingerprint density at radius 3 is 3.00 bits per heavy atom. The minimum atomic E-state index is -0.758. The molecule has 1 N–H and O–H groups in total. The van der Waals surface area contributed by atoms with Gasteiger partial charge in [0.15, 0.2) is 0 Å². The van der Waals surface area contributed by atoms with Gasteiger partial charge in [-0.3, -0.25) is 9.78 Å². The van der Waals surface area contributed by atoms with E-state index < -0.39 is 5.97 Å². The van der Waals surface area contributed by atoms with Crippen LogP contribution in [0, 0.1) is 17.2 Å². The lowest BCUT2D eigenvalue weighted by Crippen LogP contribution is -2.04. The molecule has 0 fully saturated rings. The van der Waals surface area contributed by atoms with Crippen LogP contribution in [0.4, 0.5) is 0 Å². The summed E-state index contributed by atoms with van der Waals surface area (Å²) in [5, 5.41) is 17.3. The molecule has 4 nitrogen and oxygen atoms in total. The molecule has 0 amide bonds. The van der Waals surface area contributed by atoms with Gasteiger partial charge in [-0.1, -0.05) is 18.2 Å². The van der Waals surface area contributed by atoms with E-state index in [4.69, 9.17) is 10.4 Å². The summed E-state index contributed by atoms with van der Waals surface area (Å²) in [6.45, 7) is 0. The zero-order valence-electron chi connectivity index (χ0n) is 11.5. The van der Waals surface area contributed by atoms with Crippen LogP contribution in [0.2, 0.25) is 0 Å². The highest BCUT2D eigenvalue weighted by Gasteiger charge is 2.09. The number of pyridine rings is 1. The van der Waals surface area contributed by atoms with Gasteiger partial charge >= 0.3 is 5.97 Å². The second-order valence-corrected chi connectivity index (χ2v) is 4.77. The average molecular weight is 272 g/mol. The molecule has 106 valence electrons. The highest BCUT2D eigenvalue weighted by atomic mass is 16.4. The zero-order chi connectivity index (χ0) is 14.6. The Morgan fingerprint density at radius 2 is 2.35 bits per heavy atom. The van der Waals surface area contributed by atoms with Crippen LogP contribution in [-0.4, -0.2) is 16.1 Å². The Morgan fingerprint density at radius 1 is 1.50 bits per heavy atom. The molecule has 20 heavy (non-hydrogen) atoms. The van der Waals surface area contributed by atoms with Crippen LogP contribution in [0.3, 0.4) is 0 Å². The predicted molar refractivity (Wildman–Crippen MR) is 77.7 cm³/mol. The smallest absolute Gasteiger partial charge is 0.303 e. The summed E-state index contributed by atoms with van der Waals surface area (Å²) in [6.07, 6.45) is 11.6. The van der Waals surface area contributed by atoms with Gasteiger partial charge in [0.05, 0.1) is 6.07 Å². The quantitative estimate of drug-likeness (QED) is 0.696. The summed E-state index contributed by atoms with van der Waals surface area (Å²) in [4.78, 5) is 14.7. The summed E-state index contributed by atoms with van der Waals surface area (Å²) in [7, 11) is 0. The molecule has 0 aliphatic rings. The molecule has 1 heterocycles. The third-order valence-corrected chi connectivity index (χ3v) is 3.13. The average Bonchev–Trinajstić information content (AvgIpc) is 2.45. The van der Waals surface area contributed by atoms with E-state index in [1.54, 1.807) is 12.4 Å². The van der Waals surface area contributed by atoms with Gasteiger partial charge < -0.3 is 5.11 Å². The summed E-state index contributed by atoms with van der Waals surface area (Å²) in [6, 6.07) is 5.99. The fraction of sp³-hybridized carbons (Fsp3) is 0.438. The van der Waals surface area contributed by atoms with E-state index in [1.165, 1.54) is 0 Å². The van der Waals surface area contributed by atoms with E-state index in [2.05, 4.69) is 17.1 Å². The maximum Gasteiger partial charge on any atom is 0.303 e. The minimum Gasteiger partial charge on any atom is -0.481 e. The fourth-order valence-electron chi connectivity index (χ4n) is 2.05. The molecule has 0 aliphatic carbocycles. The monoisotopic (exact) mass is 272 g/mol. The number of aliphatic carboxylic acids is 1. The van der Waals surface area contributed by atoms with Crippen molar-refractivity contribution in [3.8, 4) is 6.07 Å². The molecule has 0 saturated heterocycles. The van der Waals surface area contributed by atoms with E-state index in [0.717, 1.165) is 24.8 Å². The van der Waals surface area contributed by atoms with Crippen molar-refractivity contribution >= 4 is 12.0 Å². The van der Waals surface area contributed by atoms with E-state index in [1.807, 2.05) is 18.2 Å². The molecule has 1 atom stereocenters. The molecule has 0 aliphatic heterocycles. The molecule has 4 heteroatoms. The number of allylic oxidation sites excluding steroid dienone is 1. The molecule has 0 aromatic carbocycles. The number of hydrogen-bond donors (Lipinski definition) is 1. The number of aromatic nitrogens is 1. The Hall–Kier alpha value is -2.15. The molecule has 0 spiro atoms. The van der Waals surface area contributed by atoms with E-state index >= 15 is 0 Å². The molecular weight excluding hydrogens is 252 g/mol. The summed E-state index contributed by atoms with van der Waals surface area (Å²) >= 11 is 0. The summed E-state index contributed by atoms with van der Waals surface area (Å²) < 4.78 is 0. The third-order valence-electron chi connectivity index (χ3n) is 3.13. The Bertz CT molecular complexity index is 463. The van der Waals surface area contributed by atoms with Gasteiger partial charge in [0.1, 0.15) is 0 Å². The summed E-state index contributed by atoms with van der Waals surface area (Å²) in [5.74, 6) is -0.432. The highest BCUT2D eigenvalue weighted by Crippen LogP contribution is 2.20. The van der Waals surface area contributed by atoms with Crippen molar-refractivity contribution in [2.45, 2.75) is 38.5 Å². The highest BCUT2D eigenvalue weighted by molar-refractivity contribution is 5.66. The number of carboxylic acids is 1. The SMILES string of the molecule is N#CCCCC(C/C=C/c1cccnc1)CCC(=O)O. The van der Waals surface area contributed by atoms with Gasteiger partial charge in [-0.2, -0.15) is 5.26 Å². The van der Waals surface area contributed by atoms with Gasteiger partial charge in [0.2, 0.25) is 0 Å². The van der Waals surface area contributed by atoms with Crippen LogP contribution >= 0.6 is 0 Å². The van der Waals surface area contributed by atoms with Gasteiger partial charge in [-0.25, -0.2) is 0 Å². The molecule has 0 radical (unpaired) electrons. The number of rotatable bonds is 9. The van der Waals surface area contributed by atoms with Gasteiger partial charge in [-0.15, -0.1) is 0 Å². The van der Waals surface area contributed by atoms with Crippen molar-refractivity contribution in [3.05, 3.63) is 36.2 Å². The van der Waals surface area contributed by atoms with Crippen molar-refractivity contribution < 1.29 is 9.90 Å². The number of carboxylic acid groups (broad SMARTS) is 1. The van der Waals surface area contributed by atoms with Crippen LogP contribution in [0.1, 0.15) is 44.1 Å². The number of carbonyl (C=O) groups is 1. The summed E-state index contributed by atoms with van der Waals surface area (Å²) in [5.41, 5.74) is 1.04. The van der Waals surface area contributed by atoms with Crippen LogP contribution in [0.5, 0.6) is 0 Å². The van der Waals surface area contributed by atoms with Crippen molar-refractivity contribution in [2.24, 2.45) is 5.92 Å². The van der Waals surface area contributed by atoms with E-state index in [0.29, 0.717) is 18.8 Å². The van der Waals surface area contributed by atoms with Crippen LogP contribution in [0.25, 0.3) is 6.08 Å². The molecule has 1 aromatic rings. The van der Waals surface area contributed by atoms with Crippen molar-refractivity contribution in [3.63, 3.8) is 0 Å². The number of unbranched alkanes of at least 4 members (excludes halogenated alkanes) is 1. The van der Waals surface area contributed by atoms with Gasteiger partial charge in [0, 0.05) is 25.2 Å². The lowest BCUT2D eigenvalue weighted by molar-refractivity contribution is -0.137. The third kappa shape index (κ3) is 7.32. The van der Waals surface area contributed by atoms with Crippen LogP contribution in [0.15, 0.2) is 30.6 Å². The second-order valence-electron chi connectivity index (χ2n) is 4.77. The first-order chi connectivity index (χ1) is 9.72. The first kappa shape index (κ1) is 15.9. The van der Waals surface area contributed by atoms with Crippen LogP contribution < -0.4 is 0 Å². The normalized spacial score (nSPS) is 12.2. The molecule has 1 aromatic heterocycles. The Labute approximate surface area is 119 Å². The van der Waals surface area contributed by atoms with Gasteiger partial charge in [0.25, 0.3) is 0 Å². The lowest BCUT2D eigenvalue weighted by Gasteiger charge is -2.12. The first-order valence-corrected chi connectivity index (χ1v) is 6.87. The molecule has 0 bridgehead atoms. The van der Waals surface area contributed by atoms with Crippen LogP contribution in [-0.2, 0) is 4.79 Å².